The van der Waals surface area contributed by atoms with Gasteiger partial charge in [0.05, 0.1) is 23.8 Å². The van der Waals surface area contributed by atoms with Crippen LogP contribution in [0.3, 0.4) is 0 Å². The maximum atomic E-state index is 12.2. The number of rotatable bonds is 3. The van der Waals surface area contributed by atoms with Crippen LogP contribution in [0.4, 0.5) is 16.2 Å². The van der Waals surface area contributed by atoms with Crippen molar-refractivity contribution in [3.8, 4) is 5.75 Å². The zero-order valence-electron chi connectivity index (χ0n) is 12.2. The summed E-state index contributed by atoms with van der Waals surface area (Å²) in [5.41, 5.74) is 0.364. The zero-order valence-corrected chi connectivity index (χ0v) is 12.2. The summed E-state index contributed by atoms with van der Waals surface area (Å²) < 4.78 is 5.10. The Morgan fingerprint density at radius 3 is 2.67 bits per heavy atom. The monoisotopic (exact) mass is 293 g/mol. The van der Waals surface area contributed by atoms with Crippen LogP contribution in [0.15, 0.2) is 18.2 Å². The summed E-state index contributed by atoms with van der Waals surface area (Å²) in [5, 5.41) is 13.5. The first-order valence-electron chi connectivity index (χ1n) is 6.89. The van der Waals surface area contributed by atoms with Crippen molar-refractivity contribution in [3.05, 3.63) is 28.3 Å². The summed E-state index contributed by atoms with van der Waals surface area (Å²) in [5.74, 6) is 0.922. The van der Waals surface area contributed by atoms with E-state index in [9.17, 15) is 14.9 Å². The third-order valence-corrected chi connectivity index (χ3v) is 3.71. The van der Waals surface area contributed by atoms with Crippen LogP contribution in [0.2, 0.25) is 0 Å². The molecule has 1 aliphatic heterocycles. The fraction of sp³-hybridized carbons (Fsp3) is 0.500. The van der Waals surface area contributed by atoms with Gasteiger partial charge >= 0.3 is 6.03 Å². The van der Waals surface area contributed by atoms with Crippen LogP contribution in [0.1, 0.15) is 19.8 Å². The number of nitro benzene ring substituents is 1. The van der Waals surface area contributed by atoms with Crippen molar-refractivity contribution in [2.45, 2.75) is 19.8 Å². The number of urea groups is 1. The lowest BCUT2D eigenvalue weighted by Crippen LogP contribution is -2.40. The number of ether oxygens (including phenoxy) is 1. The summed E-state index contributed by atoms with van der Waals surface area (Å²) in [4.78, 5) is 24.2. The predicted octanol–water partition coefficient (Wildman–Crippen LogP) is 2.87. The van der Waals surface area contributed by atoms with Crippen LogP contribution in [0.25, 0.3) is 0 Å². The van der Waals surface area contributed by atoms with Crippen molar-refractivity contribution >= 4 is 17.4 Å². The van der Waals surface area contributed by atoms with E-state index in [0.29, 0.717) is 11.6 Å². The molecule has 2 amide bonds. The summed E-state index contributed by atoms with van der Waals surface area (Å²) in [6.45, 7) is 3.62. The molecule has 1 heterocycles. The summed E-state index contributed by atoms with van der Waals surface area (Å²) >= 11 is 0. The van der Waals surface area contributed by atoms with Crippen molar-refractivity contribution in [2.75, 3.05) is 25.5 Å². The number of amides is 2. The minimum absolute atomic E-state index is 0.0725. The van der Waals surface area contributed by atoms with Crippen LogP contribution in [-0.2, 0) is 0 Å². The lowest BCUT2D eigenvalue weighted by molar-refractivity contribution is -0.384. The van der Waals surface area contributed by atoms with E-state index in [1.165, 1.54) is 25.3 Å². The fourth-order valence-electron chi connectivity index (χ4n) is 2.30. The average Bonchev–Trinajstić information content (AvgIpc) is 2.48. The van der Waals surface area contributed by atoms with Gasteiger partial charge < -0.3 is 15.0 Å². The van der Waals surface area contributed by atoms with Gasteiger partial charge in [-0.2, -0.15) is 0 Å². The topological polar surface area (TPSA) is 84.7 Å². The van der Waals surface area contributed by atoms with Gasteiger partial charge in [-0.05, 0) is 24.8 Å². The van der Waals surface area contributed by atoms with Crippen molar-refractivity contribution in [3.63, 3.8) is 0 Å². The Hall–Kier alpha value is -2.31. The van der Waals surface area contributed by atoms with Crippen molar-refractivity contribution in [1.82, 2.24) is 4.90 Å². The third-order valence-electron chi connectivity index (χ3n) is 3.71. The second-order valence-electron chi connectivity index (χ2n) is 5.24. The lowest BCUT2D eigenvalue weighted by atomic mass is 10.00. The molecule has 1 fully saturated rings. The van der Waals surface area contributed by atoms with Gasteiger partial charge in [-0.1, -0.05) is 6.92 Å². The Kier molecular flexibility index (Phi) is 4.62. The quantitative estimate of drug-likeness (QED) is 0.686. The van der Waals surface area contributed by atoms with Crippen LogP contribution >= 0.6 is 0 Å². The molecule has 0 aliphatic carbocycles. The zero-order chi connectivity index (χ0) is 15.4. The first kappa shape index (κ1) is 15.1. The van der Waals surface area contributed by atoms with Gasteiger partial charge in [0.15, 0.2) is 0 Å². The molecular formula is C14H19N3O4. The van der Waals surface area contributed by atoms with Gasteiger partial charge in [-0.25, -0.2) is 4.79 Å². The average molecular weight is 293 g/mol. The van der Waals surface area contributed by atoms with E-state index in [1.54, 1.807) is 4.90 Å². The highest BCUT2D eigenvalue weighted by molar-refractivity contribution is 5.91. The fourth-order valence-corrected chi connectivity index (χ4v) is 2.30. The van der Waals surface area contributed by atoms with E-state index in [0.717, 1.165) is 25.9 Å². The minimum Gasteiger partial charge on any atom is -0.494 e. The number of likely N-dealkylation sites (tertiary alicyclic amines) is 1. The number of carbonyl (C=O) groups is 1. The number of anilines is 1. The summed E-state index contributed by atoms with van der Waals surface area (Å²) in [7, 11) is 1.41. The Morgan fingerprint density at radius 2 is 2.10 bits per heavy atom. The highest BCUT2D eigenvalue weighted by Gasteiger charge is 2.21. The molecule has 0 atom stereocenters. The molecule has 0 saturated carbocycles. The second kappa shape index (κ2) is 6.43. The largest absolute Gasteiger partial charge is 0.494 e. The number of hydrogen-bond donors (Lipinski definition) is 1. The van der Waals surface area contributed by atoms with Gasteiger partial charge in [0.25, 0.3) is 5.69 Å². The Bertz CT molecular complexity index is 539. The van der Waals surface area contributed by atoms with E-state index < -0.39 is 4.92 Å². The molecule has 2 rings (SSSR count). The van der Waals surface area contributed by atoms with E-state index in [1.807, 2.05) is 0 Å². The standard InChI is InChI=1S/C14H19N3O4/c1-10-5-7-16(8-6-10)14(18)15-12-4-3-11(17(19)20)9-13(12)21-2/h3-4,9-10H,5-8H2,1-2H3,(H,15,18). The maximum absolute atomic E-state index is 12.2. The molecular weight excluding hydrogens is 274 g/mol. The van der Waals surface area contributed by atoms with Gasteiger partial charge in [0.2, 0.25) is 0 Å². The normalized spacial score (nSPS) is 15.6. The molecule has 114 valence electrons. The second-order valence-corrected chi connectivity index (χ2v) is 5.24. The minimum atomic E-state index is -0.500. The van der Waals surface area contributed by atoms with Crippen molar-refractivity contribution in [1.29, 1.82) is 0 Å². The smallest absolute Gasteiger partial charge is 0.321 e. The number of hydrogen-bond acceptors (Lipinski definition) is 4. The summed E-state index contributed by atoms with van der Waals surface area (Å²) in [6.07, 6.45) is 1.98. The van der Waals surface area contributed by atoms with Crippen LogP contribution in [0, 0.1) is 16.0 Å². The number of non-ortho nitro benzene ring substituents is 1. The van der Waals surface area contributed by atoms with Crippen molar-refractivity contribution in [2.24, 2.45) is 5.92 Å². The van der Waals surface area contributed by atoms with E-state index >= 15 is 0 Å². The van der Waals surface area contributed by atoms with Gasteiger partial charge in [-0.3, -0.25) is 10.1 Å². The molecule has 1 N–H and O–H groups in total. The van der Waals surface area contributed by atoms with Gasteiger partial charge in [-0.15, -0.1) is 0 Å². The number of methoxy groups -OCH3 is 1. The van der Waals surface area contributed by atoms with E-state index in [4.69, 9.17) is 4.74 Å². The Labute approximate surface area is 123 Å². The molecule has 7 nitrogen and oxygen atoms in total. The number of nitrogens with one attached hydrogen (secondary N) is 1. The highest BCUT2D eigenvalue weighted by atomic mass is 16.6. The van der Waals surface area contributed by atoms with E-state index in [2.05, 4.69) is 12.2 Å². The first-order chi connectivity index (χ1) is 10.0. The SMILES string of the molecule is COc1cc([N+](=O)[O-])ccc1NC(=O)N1CCC(C)CC1. The van der Waals surface area contributed by atoms with Crippen LogP contribution in [-0.4, -0.2) is 36.1 Å². The van der Waals surface area contributed by atoms with Gasteiger partial charge in [0.1, 0.15) is 5.75 Å². The maximum Gasteiger partial charge on any atom is 0.321 e. The summed E-state index contributed by atoms with van der Waals surface area (Å²) in [6, 6.07) is 3.93. The predicted molar refractivity (Wildman–Crippen MR) is 78.6 cm³/mol. The number of nitrogens with zero attached hydrogens (tertiary/aromatic N) is 2. The molecule has 7 heteroatoms. The Balaban J connectivity index is 2.08. The van der Waals surface area contributed by atoms with Gasteiger partial charge in [0, 0.05) is 19.2 Å². The molecule has 0 radical (unpaired) electrons. The number of nitro groups is 1. The van der Waals surface area contributed by atoms with E-state index in [-0.39, 0.29) is 17.5 Å². The van der Waals surface area contributed by atoms with Crippen molar-refractivity contribution < 1.29 is 14.5 Å². The highest BCUT2D eigenvalue weighted by Crippen LogP contribution is 2.29. The van der Waals surface area contributed by atoms with Crippen LogP contribution in [0.5, 0.6) is 5.75 Å². The first-order valence-corrected chi connectivity index (χ1v) is 6.89. The molecule has 1 aromatic carbocycles. The Morgan fingerprint density at radius 1 is 1.43 bits per heavy atom. The molecule has 1 aliphatic rings. The van der Waals surface area contributed by atoms with Crippen LogP contribution < -0.4 is 10.1 Å². The molecule has 0 bridgehead atoms. The molecule has 0 spiro atoms. The lowest BCUT2D eigenvalue weighted by Gasteiger charge is -2.30. The number of carbonyl (C=O) groups excluding carboxylic acids is 1. The number of piperidine rings is 1. The molecule has 1 aromatic rings. The molecule has 0 unspecified atom stereocenters. The molecule has 1 saturated heterocycles. The molecule has 21 heavy (non-hydrogen) atoms. The number of benzene rings is 1. The molecule has 0 aromatic heterocycles. The third kappa shape index (κ3) is 3.62.